The van der Waals surface area contributed by atoms with Gasteiger partial charge in [-0.3, -0.25) is 0 Å². The van der Waals surface area contributed by atoms with E-state index in [-0.39, 0.29) is 5.54 Å². The van der Waals surface area contributed by atoms with E-state index in [0.717, 1.165) is 5.92 Å². The summed E-state index contributed by atoms with van der Waals surface area (Å²) in [4.78, 5) is 4.38. The molecule has 0 saturated heterocycles. The SMILES string of the molecule is CNC(C)(c1nccs1)C1CC1. The molecule has 2 rings (SSSR count). The number of nitrogens with zero attached hydrogens (tertiary/aromatic N) is 1. The van der Waals surface area contributed by atoms with Crippen molar-refractivity contribution < 1.29 is 0 Å². The summed E-state index contributed by atoms with van der Waals surface area (Å²) in [7, 11) is 2.03. The number of hydrogen-bond donors (Lipinski definition) is 1. The van der Waals surface area contributed by atoms with Crippen LogP contribution in [-0.4, -0.2) is 12.0 Å². The molecule has 0 radical (unpaired) electrons. The van der Waals surface area contributed by atoms with E-state index in [9.17, 15) is 0 Å². The lowest BCUT2D eigenvalue weighted by Gasteiger charge is -2.26. The summed E-state index contributed by atoms with van der Waals surface area (Å²) >= 11 is 1.75. The number of nitrogens with one attached hydrogen (secondary N) is 1. The van der Waals surface area contributed by atoms with Crippen LogP contribution in [0.5, 0.6) is 0 Å². The second-order valence-corrected chi connectivity index (χ2v) is 4.46. The number of thiazole rings is 1. The molecular formula is C9H14N2S. The molecule has 1 atom stereocenters. The quantitative estimate of drug-likeness (QED) is 0.773. The van der Waals surface area contributed by atoms with Crippen molar-refractivity contribution in [3.05, 3.63) is 16.6 Å². The van der Waals surface area contributed by atoms with Crippen LogP contribution in [0.2, 0.25) is 0 Å². The lowest BCUT2D eigenvalue weighted by Crippen LogP contribution is -2.38. The minimum Gasteiger partial charge on any atom is -0.308 e. The predicted molar refractivity (Wildman–Crippen MR) is 51.2 cm³/mol. The van der Waals surface area contributed by atoms with Gasteiger partial charge in [0.1, 0.15) is 5.01 Å². The highest BCUT2D eigenvalue weighted by atomic mass is 32.1. The molecule has 12 heavy (non-hydrogen) atoms. The van der Waals surface area contributed by atoms with Crippen molar-refractivity contribution >= 4 is 11.3 Å². The summed E-state index contributed by atoms with van der Waals surface area (Å²) in [5.41, 5.74) is 0.133. The van der Waals surface area contributed by atoms with Crippen molar-refractivity contribution in [2.45, 2.75) is 25.3 Å². The summed E-state index contributed by atoms with van der Waals surface area (Å²) < 4.78 is 0. The molecule has 0 aromatic carbocycles. The maximum Gasteiger partial charge on any atom is 0.113 e. The van der Waals surface area contributed by atoms with Gasteiger partial charge in [0, 0.05) is 11.6 Å². The Labute approximate surface area is 77.0 Å². The second kappa shape index (κ2) is 2.82. The summed E-state index contributed by atoms with van der Waals surface area (Å²) in [6.45, 7) is 2.25. The molecule has 1 fully saturated rings. The first-order valence-electron chi connectivity index (χ1n) is 4.36. The van der Waals surface area contributed by atoms with E-state index in [1.165, 1.54) is 17.8 Å². The maximum absolute atomic E-state index is 4.38. The van der Waals surface area contributed by atoms with Gasteiger partial charge in [-0.1, -0.05) is 0 Å². The van der Waals surface area contributed by atoms with Gasteiger partial charge in [-0.05, 0) is 32.7 Å². The maximum atomic E-state index is 4.38. The third-order valence-electron chi connectivity index (χ3n) is 2.79. The molecule has 1 aliphatic carbocycles. The van der Waals surface area contributed by atoms with Crippen LogP contribution in [0.3, 0.4) is 0 Å². The van der Waals surface area contributed by atoms with Crippen LogP contribution in [0.4, 0.5) is 0 Å². The molecule has 0 aliphatic heterocycles. The minimum absolute atomic E-state index is 0.133. The van der Waals surface area contributed by atoms with Crippen LogP contribution >= 0.6 is 11.3 Å². The van der Waals surface area contributed by atoms with E-state index in [0.29, 0.717) is 0 Å². The third kappa shape index (κ3) is 1.17. The Morgan fingerprint density at radius 3 is 2.83 bits per heavy atom. The van der Waals surface area contributed by atoms with Crippen molar-refractivity contribution in [2.24, 2.45) is 5.92 Å². The molecule has 1 aromatic rings. The number of rotatable bonds is 3. The number of hydrogen-bond acceptors (Lipinski definition) is 3. The molecule has 3 heteroatoms. The largest absolute Gasteiger partial charge is 0.308 e. The molecule has 66 valence electrons. The molecule has 0 spiro atoms. The summed E-state index contributed by atoms with van der Waals surface area (Å²) in [5, 5.41) is 6.67. The topological polar surface area (TPSA) is 24.9 Å². The molecule has 1 saturated carbocycles. The van der Waals surface area contributed by atoms with Gasteiger partial charge in [0.05, 0.1) is 5.54 Å². The first kappa shape index (κ1) is 8.20. The van der Waals surface area contributed by atoms with Gasteiger partial charge >= 0.3 is 0 Å². The summed E-state index contributed by atoms with van der Waals surface area (Å²) in [5.74, 6) is 0.800. The van der Waals surface area contributed by atoms with Crippen LogP contribution in [0.25, 0.3) is 0 Å². The van der Waals surface area contributed by atoms with E-state index >= 15 is 0 Å². The average Bonchev–Trinajstić information content (AvgIpc) is 2.80. The van der Waals surface area contributed by atoms with Crippen molar-refractivity contribution in [2.75, 3.05) is 7.05 Å². The molecule has 0 amide bonds. The van der Waals surface area contributed by atoms with E-state index in [2.05, 4.69) is 17.2 Å². The molecule has 1 aliphatic rings. The lowest BCUT2D eigenvalue weighted by molar-refractivity contribution is 0.344. The Morgan fingerprint density at radius 1 is 1.67 bits per heavy atom. The minimum atomic E-state index is 0.133. The Hall–Kier alpha value is -0.410. The summed E-state index contributed by atoms with van der Waals surface area (Å²) in [6, 6.07) is 0. The standard InChI is InChI=1S/C9H14N2S/c1-9(10-2,7-3-4-7)8-11-5-6-12-8/h5-7,10H,3-4H2,1-2H3. The lowest BCUT2D eigenvalue weighted by atomic mass is 9.97. The Morgan fingerprint density at radius 2 is 2.42 bits per heavy atom. The van der Waals surface area contributed by atoms with Gasteiger partial charge in [-0.2, -0.15) is 0 Å². The van der Waals surface area contributed by atoms with E-state index in [4.69, 9.17) is 0 Å². The molecule has 2 nitrogen and oxygen atoms in total. The fraction of sp³-hybridized carbons (Fsp3) is 0.667. The normalized spacial score (nSPS) is 22.2. The Bertz CT molecular complexity index is 254. The predicted octanol–water partition coefficient (Wildman–Crippen LogP) is 1.99. The molecular weight excluding hydrogens is 168 g/mol. The Kier molecular flexibility index (Phi) is 1.93. The fourth-order valence-corrected chi connectivity index (χ4v) is 2.51. The highest BCUT2D eigenvalue weighted by molar-refractivity contribution is 7.09. The van der Waals surface area contributed by atoms with Gasteiger partial charge in [-0.15, -0.1) is 11.3 Å². The van der Waals surface area contributed by atoms with Gasteiger partial charge in [0.25, 0.3) is 0 Å². The fourth-order valence-electron chi connectivity index (χ4n) is 1.63. The highest BCUT2D eigenvalue weighted by Crippen LogP contribution is 2.45. The monoisotopic (exact) mass is 182 g/mol. The van der Waals surface area contributed by atoms with E-state index < -0.39 is 0 Å². The molecule has 1 N–H and O–H groups in total. The van der Waals surface area contributed by atoms with Crippen LogP contribution in [0, 0.1) is 5.92 Å². The Balaban J connectivity index is 2.27. The smallest absolute Gasteiger partial charge is 0.113 e. The number of aromatic nitrogens is 1. The third-order valence-corrected chi connectivity index (χ3v) is 3.80. The first-order chi connectivity index (χ1) is 5.77. The van der Waals surface area contributed by atoms with Crippen LogP contribution in [0.15, 0.2) is 11.6 Å². The van der Waals surface area contributed by atoms with Gasteiger partial charge in [0.2, 0.25) is 0 Å². The summed E-state index contributed by atoms with van der Waals surface area (Å²) in [6.07, 6.45) is 4.58. The molecule has 1 aromatic heterocycles. The molecule has 1 unspecified atom stereocenters. The van der Waals surface area contributed by atoms with Crippen LogP contribution in [-0.2, 0) is 5.54 Å². The van der Waals surface area contributed by atoms with Crippen molar-refractivity contribution in [3.8, 4) is 0 Å². The van der Waals surface area contributed by atoms with Crippen LogP contribution < -0.4 is 5.32 Å². The zero-order valence-corrected chi connectivity index (χ0v) is 8.32. The van der Waals surface area contributed by atoms with Crippen molar-refractivity contribution in [1.82, 2.24) is 10.3 Å². The molecule has 1 heterocycles. The average molecular weight is 182 g/mol. The van der Waals surface area contributed by atoms with E-state index in [1.54, 1.807) is 11.3 Å². The van der Waals surface area contributed by atoms with Gasteiger partial charge < -0.3 is 5.32 Å². The van der Waals surface area contributed by atoms with Gasteiger partial charge in [0.15, 0.2) is 0 Å². The van der Waals surface area contributed by atoms with Crippen LogP contribution in [0.1, 0.15) is 24.8 Å². The van der Waals surface area contributed by atoms with Gasteiger partial charge in [-0.25, -0.2) is 4.98 Å². The van der Waals surface area contributed by atoms with Crippen molar-refractivity contribution in [1.29, 1.82) is 0 Å². The van der Waals surface area contributed by atoms with Crippen molar-refractivity contribution in [3.63, 3.8) is 0 Å². The second-order valence-electron chi connectivity index (χ2n) is 3.56. The van der Waals surface area contributed by atoms with E-state index in [1.807, 2.05) is 18.6 Å². The zero-order valence-electron chi connectivity index (χ0n) is 7.50. The highest BCUT2D eigenvalue weighted by Gasteiger charge is 2.43. The first-order valence-corrected chi connectivity index (χ1v) is 5.24. The molecule has 0 bridgehead atoms. The zero-order chi connectivity index (χ0) is 8.60.